The van der Waals surface area contributed by atoms with Gasteiger partial charge in [-0.15, -0.1) is 0 Å². The van der Waals surface area contributed by atoms with E-state index in [2.05, 4.69) is 20.7 Å². The van der Waals surface area contributed by atoms with Crippen LogP contribution in [0.25, 0.3) is 0 Å². The Bertz CT molecular complexity index is 534. The van der Waals surface area contributed by atoms with Crippen molar-refractivity contribution in [2.45, 2.75) is 10.9 Å². The van der Waals surface area contributed by atoms with Crippen molar-refractivity contribution in [3.8, 4) is 0 Å². The number of nitrogen functional groups attached to an aromatic ring is 1. The molecule has 0 fully saturated rings. The molecule has 1 rings (SSSR count). The van der Waals surface area contributed by atoms with Crippen molar-refractivity contribution < 1.29 is 18.6 Å². The number of sulfonamides is 1. The first-order valence-corrected chi connectivity index (χ1v) is 7.45. The van der Waals surface area contributed by atoms with Gasteiger partial charge in [0.05, 0.1) is 28.6 Å². The van der Waals surface area contributed by atoms with E-state index in [9.17, 15) is 8.42 Å². The Kier molecular flexibility index (Phi) is 5.38. The molecule has 0 saturated carbocycles. The van der Waals surface area contributed by atoms with Crippen LogP contribution < -0.4 is 10.5 Å². The third-order valence-electron chi connectivity index (χ3n) is 2.08. The van der Waals surface area contributed by atoms with Crippen LogP contribution in [0.4, 0.5) is 5.69 Å². The minimum Gasteiger partial charge on any atom is -0.398 e. The highest BCUT2D eigenvalue weighted by atomic mass is 79.9. The summed E-state index contributed by atoms with van der Waals surface area (Å²) in [4.78, 5) is -0.153. The SMILES string of the molecule is Nc1cc(Cl)cc(S(=O)(=O)NC(CO)CO)c1Br. The van der Waals surface area contributed by atoms with Crippen molar-refractivity contribution in [1.82, 2.24) is 4.72 Å². The van der Waals surface area contributed by atoms with Crippen molar-refractivity contribution in [3.63, 3.8) is 0 Å². The minimum absolute atomic E-state index is 0.153. The van der Waals surface area contributed by atoms with Gasteiger partial charge in [-0.3, -0.25) is 0 Å². The molecule has 18 heavy (non-hydrogen) atoms. The van der Waals surface area contributed by atoms with Gasteiger partial charge < -0.3 is 15.9 Å². The summed E-state index contributed by atoms with van der Waals surface area (Å²) in [5.74, 6) is 0. The van der Waals surface area contributed by atoms with Gasteiger partial charge in [-0.05, 0) is 28.1 Å². The smallest absolute Gasteiger partial charge is 0.242 e. The second-order valence-electron chi connectivity index (χ2n) is 3.49. The highest BCUT2D eigenvalue weighted by Gasteiger charge is 2.23. The zero-order valence-electron chi connectivity index (χ0n) is 9.10. The number of hydrogen-bond donors (Lipinski definition) is 4. The van der Waals surface area contributed by atoms with Crippen molar-refractivity contribution in [3.05, 3.63) is 21.6 Å². The van der Waals surface area contributed by atoms with Crippen LogP contribution in [-0.2, 0) is 10.0 Å². The highest BCUT2D eigenvalue weighted by molar-refractivity contribution is 9.10. The number of nitrogens with one attached hydrogen (secondary N) is 1. The Morgan fingerprint density at radius 2 is 1.94 bits per heavy atom. The zero-order chi connectivity index (χ0) is 13.9. The van der Waals surface area contributed by atoms with E-state index in [1.165, 1.54) is 12.1 Å². The topological polar surface area (TPSA) is 113 Å². The number of aliphatic hydroxyl groups is 2. The number of rotatable bonds is 5. The van der Waals surface area contributed by atoms with Gasteiger partial charge in [0.15, 0.2) is 0 Å². The lowest BCUT2D eigenvalue weighted by Crippen LogP contribution is -2.40. The minimum atomic E-state index is -3.94. The molecule has 1 aromatic rings. The Morgan fingerprint density at radius 3 is 2.44 bits per heavy atom. The molecule has 0 aliphatic heterocycles. The van der Waals surface area contributed by atoms with E-state index in [-0.39, 0.29) is 20.1 Å². The second kappa shape index (κ2) is 6.18. The van der Waals surface area contributed by atoms with E-state index in [1.54, 1.807) is 0 Å². The van der Waals surface area contributed by atoms with Gasteiger partial charge in [-0.2, -0.15) is 0 Å². The quantitative estimate of drug-likeness (QED) is 0.565. The normalized spacial score (nSPS) is 12.1. The molecule has 0 heterocycles. The third kappa shape index (κ3) is 3.56. The van der Waals surface area contributed by atoms with Gasteiger partial charge >= 0.3 is 0 Å². The highest BCUT2D eigenvalue weighted by Crippen LogP contribution is 2.31. The fourth-order valence-corrected chi connectivity index (χ4v) is 3.71. The Balaban J connectivity index is 3.20. The molecule has 0 aromatic heterocycles. The fourth-order valence-electron chi connectivity index (χ4n) is 1.20. The van der Waals surface area contributed by atoms with E-state index in [0.29, 0.717) is 0 Å². The molecule has 0 aliphatic rings. The van der Waals surface area contributed by atoms with Crippen molar-refractivity contribution in [2.24, 2.45) is 0 Å². The van der Waals surface area contributed by atoms with Crippen LogP contribution in [0, 0.1) is 0 Å². The molecule has 6 nitrogen and oxygen atoms in total. The number of hydrogen-bond acceptors (Lipinski definition) is 5. The van der Waals surface area contributed by atoms with Crippen LogP contribution in [0.5, 0.6) is 0 Å². The second-order valence-corrected chi connectivity index (χ2v) is 6.40. The van der Waals surface area contributed by atoms with Gasteiger partial charge in [-0.1, -0.05) is 11.6 Å². The van der Waals surface area contributed by atoms with E-state index in [0.717, 1.165) is 0 Å². The molecule has 0 atom stereocenters. The van der Waals surface area contributed by atoms with Crippen LogP contribution in [0.3, 0.4) is 0 Å². The van der Waals surface area contributed by atoms with Gasteiger partial charge in [0, 0.05) is 10.7 Å². The number of benzene rings is 1. The number of anilines is 1. The van der Waals surface area contributed by atoms with Crippen LogP contribution in [0.15, 0.2) is 21.5 Å². The first kappa shape index (κ1) is 15.7. The van der Waals surface area contributed by atoms with Crippen LogP contribution in [-0.4, -0.2) is 37.9 Å². The molecule has 0 spiro atoms. The van der Waals surface area contributed by atoms with Crippen molar-refractivity contribution in [2.75, 3.05) is 18.9 Å². The Labute approximate surface area is 118 Å². The standard InChI is InChI=1S/C9H12BrClN2O4S/c10-9-7(12)1-5(11)2-8(9)18(16,17)13-6(3-14)4-15/h1-2,6,13-15H,3-4,12H2. The van der Waals surface area contributed by atoms with Crippen LogP contribution in [0.2, 0.25) is 5.02 Å². The van der Waals surface area contributed by atoms with Crippen LogP contribution in [0.1, 0.15) is 0 Å². The monoisotopic (exact) mass is 358 g/mol. The van der Waals surface area contributed by atoms with Gasteiger partial charge in [0.1, 0.15) is 0 Å². The Hall–Kier alpha value is -0.380. The zero-order valence-corrected chi connectivity index (χ0v) is 12.3. The van der Waals surface area contributed by atoms with E-state index in [4.69, 9.17) is 27.5 Å². The largest absolute Gasteiger partial charge is 0.398 e. The Morgan fingerprint density at radius 1 is 1.39 bits per heavy atom. The summed E-state index contributed by atoms with van der Waals surface area (Å²) in [6, 6.07) is 1.64. The molecular formula is C9H12BrClN2O4S. The maximum Gasteiger partial charge on any atom is 0.242 e. The van der Waals surface area contributed by atoms with E-state index >= 15 is 0 Å². The molecule has 1 aromatic carbocycles. The predicted molar refractivity (Wildman–Crippen MR) is 71.8 cm³/mol. The summed E-state index contributed by atoms with van der Waals surface area (Å²) in [7, 11) is -3.94. The summed E-state index contributed by atoms with van der Waals surface area (Å²) in [5.41, 5.74) is 5.77. The number of aliphatic hydroxyl groups excluding tert-OH is 2. The molecule has 102 valence electrons. The van der Waals surface area contributed by atoms with E-state index < -0.39 is 29.3 Å². The van der Waals surface area contributed by atoms with Gasteiger partial charge in [0.25, 0.3) is 0 Å². The lowest BCUT2D eigenvalue weighted by molar-refractivity contribution is 0.185. The number of halogens is 2. The summed E-state index contributed by atoms with van der Waals surface area (Å²) >= 11 is 8.80. The summed E-state index contributed by atoms with van der Waals surface area (Å²) in [6.07, 6.45) is 0. The maximum absolute atomic E-state index is 12.0. The molecule has 0 amide bonds. The maximum atomic E-state index is 12.0. The van der Waals surface area contributed by atoms with Crippen LogP contribution >= 0.6 is 27.5 Å². The molecule has 0 radical (unpaired) electrons. The molecule has 0 bridgehead atoms. The molecule has 0 unspecified atom stereocenters. The molecule has 5 N–H and O–H groups in total. The van der Waals surface area contributed by atoms with Crippen molar-refractivity contribution in [1.29, 1.82) is 0 Å². The van der Waals surface area contributed by atoms with E-state index in [1.807, 2.05) is 0 Å². The lowest BCUT2D eigenvalue weighted by atomic mass is 10.3. The lowest BCUT2D eigenvalue weighted by Gasteiger charge is -2.15. The van der Waals surface area contributed by atoms with Crippen molar-refractivity contribution >= 4 is 43.2 Å². The number of nitrogens with two attached hydrogens (primary N) is 1. The summed E-state index contributed by atoms with van der Waals surface area (Å²) in [6.45, 7) is -1.05. The average Bonchev–Trinajstić information content (AvgIpc) is 2.30. The predicted octanol–water partition coefficient (Wildman–Crippen LogP) is 0.316. The third-order valence-corrected chi connectivity index (χ3v) is 4.99. The fraction of sp³-hybridized carbons (Fsp3) is 0.333. The average molecular weight is 360 g/mol. The molecular weight excluding hydrogens is 348 g/mol. The molecule has 0 aliphatic carbocycles. The summed E-state index contributed by atoms with van der Waals surface area (Å²) < 4.78 is 26.3. The first-order valence-electron chi connectivity index (χ1n) is 4.80. The molecule has 9 heteroatoms. The summed E-state index contributed by atoms with van der Waals surface area (Å²) in [5, 5.41) is 17.9. The first-order chi connectivity index (χ1) is 8.31. The van der Waals surface area contributed by atoms with Gasteiger partial charge in [0.2, 0.25) is 10.0 Å². The molecule has 0 saturated heterocycles. The van der Waals surface area contributed by atoms with Gasteiger partial charge in [-0.25, -0.2) is 13.1 Å².